The summed E-state index contributed by atoms with van der Waals surface area (Å²) in [6, 6.07) is 7.21. The van der Waals surface area contributed by atoms with Gasteiger partial charge in [0.25, 0.3) is 5.91 Å². The van der Waals surface area contributed by atoms with E-state index in [1.807, 2.05) is 18.2 Å². The molecule has 0 spiro atoms. The highest BCUT2D eigenvalue weighted by Gasteiger charge is 2.17. The molecule has 2 amide bonds. The van der Waals surface area contributed by atoms with Crippen molar-refractivity contribution in [1.82, 2.24) is 15.2 Å². The van der Waals surface area contributed by atoms with Gasteiger partial charge in [0.05, 0.1) is 24.1 Å². The van der Waals surface area contributed by atoms with Gasteiger partial charge in [-0.3, -0.25) is 14.6 Å². The van der Waals surface area contributed by atoms with E-state index in [1.165, 1.54) is 12.5 Å². The Morgan fingerprint density at radius 1 is 1.25 bits per heavy atom. The van der Waals surface area contributed by atoms with Gasteiger partial charge in [0.1, 0.15) is 6.26 Å². The summed E-state index contributed by atoms with van der Waals surface area (Å²) >= 11 is 0. The lowest BCUT2D eigenvalue weighted by atomic mass is 10.2. The number of carbonyl (C=O) groups excluding carboxylic acids is 2. The van der Waals surface area contributed by atoms with Gasteiger partial charge in [-0.25, -0.2) is 0 Å². The van der Waals surface area contributed by atoms with Crippen molar-refractivity contribution in [2.24, 2.45) is 0 Å². The van der Waals surface area contributed by atoms with Crippen LogP contribution in [0.2, 0.25) is 0 Å². The molecule has 0 atom stereocenters. The highest BCUT2D eigenvalue weighted by molar-refractivity contribution is 5.94. The first-order valence-corrected chi connectivity index (χ1v) is 8.18. The van der Waals surface area contributed by atoms with Crippen LogP contribution < -0.4 is 5.32 Å². The van der Waals surface area contributed by atoms with Crippen LogP contribution in [0.5, 0.6) is 0 Å². The Balaban J connectivity index is 1.83. The van der Waals surface area contributed by atoms with Gasteiger partial charge in [0.2, 0.25) is 5.91 Å². The largest absolute Gasteiger partial charge is 0.472 e. The Labute approximate surface area is 141 Å². The van der Waals surface area contributed by atoms with Crippen molar-refractivity contribution < 1.29 is 14.0 Å². The van der Waals surface area contributed by atoms with Gasteiger partial charge in [-0.15, -0.1) is 0 Å². The maximum atomic E-state index is 12.4. The highest BCUT2D eigenvalue weighted by Crippen LogP contribution is 2.08. The third-order valence-corrected chi connectivity index (χ3v) is 3.64. The molecular weight excluding hydrogens is 306 g/mol. The molecule has 0 saturated carbocycles. The molecule has 0 fully saturated rings. The quantitative estimate of drug-likeness (QED) is 0.767. The lowest BCUT2D eigenvalue weighted by Crippen LogP contribution is -2.35. The van der Waals surface area contributed by atoms with Crippen molar-refractivity contribution in [3.05, 3.63) is 54.2 Å². The zero-order valence-electron chi connectivity index (χ0n) is 13.9. The van der Waals surface area contributed by atoms with Crippen molar-refractivity contribution in [3.8, 4) is 0 Å². The average Bonchev–Trinajstić information content (AvgIpc) is 3.15. The van der Waals surface area contributed by atoms with Gasteiger partial charge in [-0.2, -0.15) is 0 Å². The molecule has 2 heterocycles. The van der Waals surface area contributed by atoms with Gasteiger partial charge >= 0.3 is 0 Å². The number of nitrogens with zero attached hydrogens (tertiary/aromatic N) is 2. The summed E-state index contributed by atoms with van der Waals surface area (Å²) in [5.74, 6) is -0.197. The second-order valence-electron chi connectivity index (χ2n) is 5.51. The first-order chi connectivity index (χ1) is 11.7. The third-order valence-electron chi connectivity index (χ3n) is 3.64. The smallest absolute Gasteiger partial charge is 0.257 e. The molecule has 2 aromatic rings. The Hall–Kier alpha value is -2.63. The fraction of sp³-hybridized carbons (Fsp3) is 0.389. The summed E-state index contributed by atoms with van der Waals surface area (Å²) in [6.07, 6.45) is 6.76. The summed E-state index contributed by atoms with van der Waals surface area (Å²) in [5, 5.41) is 2.83. The van der Waals surface area contributed by atoms with Crippen LogP contribution >= 0.6 is 0 Å². The molecule has 0 aliphatic carbocycles. The van der Waals surface area contributed by atoms with Gasteiger partial charge in [-0.1, -0.05) is 19.4 Å². The number of unbranched alkanes of at least 4 members (excludes halogenated alkanes) is 1. The predicted molar refractivity (Wildman–Crippen MR) is 90.2 cm³/mol. The number of pyridine rings is 1. The van der Waals surface area contributed by atoms with Crippen molar-refractivity contribution in [2.45, 2.75) is 32.7 Å². The molecule has 0 saturated heterocycles. The molecule has 128 valence electrons. The Bertz CT molecular complexity index is 626. The fourth-order valence-electron chi connectivity index (χ4n) is 2.25. The van der Waals surface area contributed by atoms with Crippen molar-refractivity contribution in [1.29, 1.82) is 0 Å². The van der Waals surface area contributed by atoms with E-state index < -0.39 is 0 Å². The number of aromatic nitrogens is 1. The Morgan fingerprint density at radius 3 is 2.79 bits per heavy atom. The van der Waals surface area contributed by atoms with Crippen LogP contribution in [-0.2, 0) is 11.3 Å². The van der Waals surface area contributed by atoms with Crippen LogP contribution in [-0.4, -0.2) is 34.8 Å². The lowest BCUT2D eigenvalue weighted by Gasteiger charge is -2.21. The van der Waals surface area contributed by atoms with E-state index in [0.717, 1.165) is 18.5 Å². The zero-order chi connectivity index (χ0) is 17.2. The highest BCUT2D eigenvalue weighted by atomic mass is 16.3. The van der Waals surface area contributed by atoms with E-state index >= 15 is 0 Å². The standard InChI is InChI=1S/C18H23N3O3/c1-2-3-10-21(18(23)15-8-12-24-14-15)11-7-17(22)20-13-16-6-4-5-9-19-16/h4-6,8-9,12,14H,2-3,7,10-11,13H2,1H3,(H,20,22). The molecular formula is C18H23N3O3. The summed E-state index contributed by atoms with van der Waals surface area (Å²) in [6.45, 7) is 3.48. The summed E-state index contributed by atoms with van der Waals surface area (Å²) in [4.78, 5) is 30.3. The maximum absolute atomic E-state index is 12.4. The van der Waals surface area contributed by atoms with Crippen LogP contribution in [0.25, 0.3) is 0 Å². The van der Waals surface area contributed by atoms with Gasteiger partial charge in [0, 0.05) is 25.7 Å². The van der Waals surface area contributed by atoms with Crippen LogP contribution in [0.3, 0.4) is 0 Å². The van der Waals surface area contributed by atoms with E-state index in [1.54, 1.807) is 17.2 Å². The van der Waals surface area contributed by atoms with Crippen LogP contribution in [0.4, 0.5) is 0 Å². The van der Waals surface area contributed by atoms with E-state index in [2.05, 4.69) is 17.2 Å². The molecule has 1 N–H and O–H groups in total. The molecule has 24 heavy (non-hydrogen) atoms. The number of carbonyl (C=O) groups is 2. The summed E-state index contributed by atoms with van der Waals surface area (Å²) in [7, 11) is 0. The number of hydrogen-bond acceptors (Lipinski definition) is 4. The van der Waals surface area contributed by atoms with E-state index in [-0.39, 0.29) is 18.2 Å². The monoisotopic (exact) mass is 329 g/mol. The molecule has 0 aromatic carbocycles. The van der Waals surface area contributed by atoms with Crippen molar-refractivity contribution in [3.63, 3.8) is 0 Å². The number of nitrogens with one attached hydrogen (secondary N) is 1. The average molecular weight is 329 g/mol. The Kier molecular flexibility index (Phi) is 7.01. The molecule has 0 bridgehead atoms. The van der Waals surface area contributed by atoms with Crippen molar-refractivity contribution in [2.75, 3.05) is 13.1 Å². The molecule has 0 radical (unpaired) electrons. The molecule has 0 aliphatic heterocycles. The number of hydrogen-bond donors (Lipinski definition) is 1. The topological polar surface area (TPSA) is 75.4 Å². The van der Waals surface area contributed by atoms with E-state index in [0.29, 0.717) is 25.2 Å². The minimum Gasteiger partial charge on any atom is -0.472 e. The minimum atomic E-state index is -0.102. The molecule has 2 aromatic heterocycles. The number of amides is 2. The SMILES string of the molecule is CCCCN(CCC(=O)NCc1ccccn1)C(=O)c1ccoc1. The van der Waals surface area contributed by atoms with Crippen LogP contribution in [0, 0.1) is 0 Å². The molecule has 6 heteroatoms. The molecule has 2 rings (SSSR count). The third kappa shape index (κ3) is 5.53. The fourth-order valence-corrected chi connectivity index (χ4v) is 2.25. The van der Waals surface area contributed by atoms with E-state index in [9.17, 15) is 9.59 Å². The zero-order valence-corrected chi connectivity index (χ0v) is 13.9. The maximum Gasteiger partial charge on any atom is 0.257 e. The first kappa shape index (κ1) is 17.7. The minimum absolute atomic E-state index is 0.0952. The van der Waals surface area contributed by atoms with E-state index in [4.69, 9.17) is 4.42 Å². The second-order valence-corrected chi connectivity index (χ2v) is 5.51. The molecule has 0 aliphatic rings. The molecule has 0 unspecified atom stereocenters. The summed E-state index contributed by atoms with van der Waals surface area (Å²) < 4.78 is 4.97. The van der Waals surface area contributed by atoms with Gasteiger partial charge in [0.15, 0.2) is 0 Å². The Morgan fingerprint density at radius 2 is 2.12 bits per heavy atom. The molecule has 6 nitrogen and oxygen atoms in total. The normalized spacial score (nSPS) is 10.4. The van der Waals surface area contributed by atoms with Crippen molar-refractivity contribution >= 4 is 11.8 Å². The first-order valence-electron chi connectivity index (χ1n) is 8.18. The lowest BCUT2D eigenvalue weighted by molar-refractivity contribution is -0.121. The van der Waals surface area contributed by atoms with Crippen LogP contribution in [0.15, 0.2) is 47.4 Å². The second kappa shape index (κ2) is 9.50. The van der Waals surface area contributed by atoms with Crippen LogP contribution in [0.1, 0.15) is 42.2 Å². The number of rotatable bonds is 9. The van der Waals surface area contributed by atoms with Gasteiger partial charge < -0.3 is 14.6 Å². The summed E-state index contributed by atoms with van der Waals surface area (Å²) in [5.41, 5.74) is 1.32. The van der Waals surface area contributed by atoms with Gasteiger partial charge in [-0.05, 0) is 24.6 Å². The predicted octanol–water partition coefficient (Wildman–Crippen LogP) is 2.62. The number of furan rings is 1.